The van der Waals surface area contributed by atoms with Gasteiger partial charge in [-0.1, -0.05) is 49.5 Å². The van der Waals surface area contributed by atoms with Crippen LogP contribution in [-0.4, -0.2) is 10.5 Å². The van der Waals surface area contributed by atoms with Crippen LogP contribution >= 0.6 is 11.3 Å². The highest BCUT2D eigenvalue weighted by molar-refractivity contribution is 7.16. The molecule has 0 saturated carbocycles. The van der Waals surface area contributed by atoms with Crippen LogP contribution in [0, 0.1) is 0 Å². The van der Waals surface area contributed by atoms with Gasteiger partial charge in [0.2, 0.25) is 0 Å². The summed E-state index contributed by atoms with van der Waals surface area (Å²) in [6.45, 7) is 8.62. The summed E-state index contributed by atoms with van der Waals surface area (Å²) in [5.41, 5.74) is 2.33. The molecule has 0 unspecified atom stereocenters. The Morgan fingerprint density at radius 1 is 1.24 bits per heavy atom. The first-order valence-electron chi connectivity index (χ1n) is 9.34. The van der Waals surface area contributed by atoms with Crippen molar-refractivity contribution in [2.75, 3.05) is 0 Å². The zero-order valence-electron chi connectivity index (χ0n) is 16.2. The molecule has 0 radical (unpaired) electrons. The van der Waals surface area contributed by atoms with E-state index >= 15 is 0 Å². The lowest BCUT2D eigenvalue weighted by Crippen LogP contribution is -2.17. The number of aromatic nitrogens is 1. The van der Waals surface area contributed by atoms with E-state index in [9.17, 15) is 9.59 Å². The Labute approximate surface area is 171 Å². The topological polar surface area (TPSA) is 64.6 Å². The molecule has 4 rings (SSSR count). The van der Waals surface area contributed by atoms with Gasteiger partial charge in [-0.05, 0) is 35.7 Å². The number of allylic oxidation sites excluding steroid dienone is 1. The maximum absolute atomic E-state index is 12.8. The Kier molecular flexibility index (Phi) is 5.03. The van der Waals surface area contributed by atoms with Crippen LogP contribution in [0.15, 0.2) is 75.4 Å². The summed E-state index contributed by atoms with van der Waals surface area (Å²) in [5.74, 6) is -0.247. The molecule has 29 heavy (non-hydrogen) atoms. The van der Waals surface area contributed by atoms with E-state index in [-0.39, 0.29) is 11.2 Å². The van der Waals surface area contributed by atoms with Crippen LogP contribution in [0.1, 0.15) is 35.9 Å². The minimum absolute atomic E-state index is 0.0702. The van der Waals surface area contributed by atoms with Gasteiger partial charge in [0.1, 0.15) is 5.58 Å². The van der Waals surface area contributed by atoms with Gasteiger partial charge in [0.25, 0.3) is 0 Å². The fraction of sp³-hybridized carbons (Fsp3) is 0.174. The van der Waals surface area contributed by atoms with Crippen molar-refractivity contribution in [2.45, 2.75) is 26.3 Å². The monoisotopic (exact) mass is 404 g/mol. The summed E-state index contributed by atoms with van der Waals surface area (Å²) in [7, 11) is 0. The Balaban J connectivity index is 1.86. The molecule has 0 aliphatic heterocycles. The first-order valence-corrected chi connectivity index (χ1v) is 10.2. The van der Waals surface area contributed by atoms with E-state index < -0.39 is 5.91 Å². The Morgan fingerprint density at radius 2 is 2.03 bits per heavy atom. The number of fused-ring (bicyclic) bond motifs is 2. The third-order valence-electron chi connectivity index (χ3n) is 4.73. The summed E-state index contributed by atoms with van der Waals surface area (Å²) in [4.78, 5) is 29.9. The van der Waals surface area contributed by atoms with Gasteiger partial charge in [-0.15, -0.1) is 6.58 Å². The van der Waals surface area contributed by atoms with Crippen molar-refractivity contribution in [3.05, 3.63) is 87.5 Å². The summed E-state index contributed by atoms with van der Waals surface area (Å²) in [6.07, 6.45) is 1.77. The number of hydrogen-bond acceptors (Lipinski definition) is 4. The summed E-state index contributed by atoms with van der Waals surface area (Å²) in [6, 6.07) is 14.3. The molecule has 2 aromatic heterocycles. The van der Waals surface area contributed by atoms with E-state index in [4.69, 9.17) is 4.42 Å². The highest BCUT2D eigenvalue weighted by Crippen LogP contribution is 2.23. The molecule has 6 heteroatoms. The smallest absolute Gasteiger partial charge is 0.315 e. The van der Waals surface area contributed by atoms with Crippen LogP contribution in [0.3, 0.4) is 0 Å². The zero-order chi connectivity index (χ0) is 20.5. The van der Waals surface area contributed by atoms with E-state index in [1.54, 1.807) is 30.3 Å². The summed E-state index contributed by atoms with van der Waals surface area (Å²) >= 11 is 1.43. The van der Waals surface area contributed by atoms with Crippen molar-refractivity contribution < 1.29 is 9.21 Å². The molecule has 0 bridgehead atoms. The maximum atomic E-state index is 12.8. The molecule has 0 N–H and O–H groups in total. The third kappa shape index (κ3) is 3.59. The molecular weight excluding hydrogens is 384 g/mol. The third-order valence-corrected chi connectivity index (χ3v) is 5.77. The lowest BCUT2D eigenvalue weighted by atomic mass is 10.0. The van der Waals surface area contributed by atoms with Crippen LogP contribution in [0.5, 0.6) is 0 Å². The highest BCUT2D eigenvalue weighted by atomic mass is 32.1. The minimum Gasteiger partial charge on any atom is -0.451 e. The van der Waals surface area contributed by atoms with Crippen molar-refractivity contribution in [2.24, 2.45) is 4.99 Å². The molecule has 0 saturated heterocycles. The summed E-state index contributed by atoms with van der Waals surface area (Å²) < 4.78 is 8.62. The lowest BCUT2D eigenvalue weighted by Gasteiger charge is -2.05. The predicted molar refractivity (Wildman–Crippen MR) is 116 cm³/mol. The molecule has 2 aromatic carbocycles. The van der Waals surface area contributed by atoms with Crippen molar-refractivity contribution in [3.8, 4) is 0 Å². The molecule has 0 fully saturated rings. The van der Waals surface area contributed by atoms with E-state index in [2.05, 4.69) is 37.6 Å². The van der Waals surface area contributed by atoms with Crippen molar-refractivity contribution in [1.82, 2.24) is 4.57 Å². The van der Waals surface area contributed by atoms with Gasteiger partial charge < -0.3 is 8.98 Å². The molecular formula is C23H20N2O3S. The quantitative estimate of drug-likeness (QED) is 0.456. The molecule has 2 heterocycles. The minimum atomic E-state index is -0.582. The van der Waals surface area contributed by atoms with Gasteiger partial charge in [0.05, 0.1) is 15.6 Å². The second kappa shape index (κ2) is 7.64. The lowest BCUT2D eigenvalue weighted by molar-refractivity contribution is 0.0972. The van der Waals surface area contributed by atoms with E-state index in [1.165, 1.54) is 23.0 Å². The molecule has 0 aliphatic rings. The van der Waals surface area contributed by atoms with Crippen LogP contribution in [0.4, 0.5) is 0 Å². The zero-order valence-corrected chi connectivity index (χ0v) is 17.0. The number of carbonyl (C=O) groups is 1. The summed E-state index contributed by atoms with van der Waals surface area (Å²) in [5, 5.41) is 0.439. The average Bonchev–Trinajstić information content (AvgIpc) is 3.04. The Hall–Kier alpha value is -3.25. The number of rotatable bonds is 4. The molecule has 0 spiro atoms. The van der Waals surface area contributed by atoms with Crippen LogP contribution in [-0.2, 0) is 6.54 Å². The largest absolute Gasteiger partial charge is 0.451 e. The van der Waals surface area contributed by atoms with Gasteiger partial charge in [-0.25, -0.2) is 0 Å². The number of amides is 1. The standard InChI is InChI=1S/C23H20N2O3S/c1-4-11-25-17-10-9-15(14(2)3)12-21(17)29-23(25)24-22(27)20-13-18(26)16-7-5-6-8-19(16)28-20/h4-10,12-14H,1,11H2,2-3H3. The van der Waals surface area contributed by atoms with Gasteiger partial charge in [-0.3, -0.25) is 9.59 Å². The molecule has 146 valence electrons. The number of benzene rings is 2. The number of nitrogens with zero attached hydrogens (tertiary/aromatic N) is 2. The number of para-hydroxylation sites is 1. The second-order valence-electron chi connectivity index (χ2n) is 7.05. The van der Waals surface area contributed by atoms with Crippen LogP contribution < -0.4 is 10.2 Å². The highest BCUT2D eigenvalue weighted by Gasteiger charge is 2.14. The van der Waals surface area contributed by atoms with Gasteiger partial charge in [0, 0.05) is 12.6 Å². The number of thiazole rings is 1. The Bertz CT molecular complexity index is 1370. The molecule has 0 atom stereocenters. The van der Waals surface area contributed by atoms with Crippen molar-refractivity contribution in [3.63, 3.8) is 0 Å². The van der Waals surface area contributed by atoms with Gasteiger partial charge >= 0.3 is 5.91 Å². The van der Waals surface area contributed by atoms with Gasteiger partial charge in [-0.2, -0.15) is 4.99 Å². The predicted octanol–water partition coefficient (Wildman–Crippen LogP) is 4.86. The fourth-order valence-corrected chi connectivity index (χ4v) is 4.28. The van der Waals surface area contributed by atoms with E-state index in [0.717, 1.165) is 10.2 Å². The number of carbonyl (C=O) groups excluding carboxylic acids is 1. The fourth-order valence-electron chi connectivity index (χ4n) is 3.19. The van der Waals surface area contributed by atoms with Crippen molar-refractivity contribution >= 4 is 38.4 Å². The molecule has 4 aromatic rings. The molecule has 5 nitrogen and oxygen atoms in total. The molecule has 0 aliphatic carbocycles. The Morgan fingerprint density at radius 3 is 2.79 bits per heavy atom. The van der Waals surface area contributed by atoms with Crippen LogP contribution in [0.25, 0.3) is 21.2 Å². The van der Waals surface area contributed by atoms with Gasteiger partial charge in [0.15, 0.2) is 16.0 Å². The first kappa shape index (κ1) is 19.1. The maximum Gasteiger partial charge on any atom is 0.315 e. The average molecular weight is 404 g/mol. The first-order chi connectivity index (χ1) is 14.0. The van der Waals surface area contributed by atoms with Crippen LogP contribution in [0.2, 0.25) is 0 Å². The molecule has 1 amide bonds. The van der Waals surface area contributed by atoms with Crippen molar-refractivity contribution in [1.29, 1.82) is 0 Å². The second-order valence-corrected chi connectivity index (χ2v) is 8.06. The normalized spacial score (nSPS) is 12.2. The van der Waals surface area contributed by atoms with E-state index in [1.807, 2.05) is 10.6 Å². The number of hydrogen-bond donors (Lipinski definition) is 0. The van der Waals surface area contributed by atoms with E-state index in [0.29, 0.717) is 28.2 Å². The SMILES string of the molecule is C=CCn1c(=NC(=O)c2cc(=O)c3ccccc3o2)sc2cc(C(C)C)ccc21.